The molecule has 0 atom stereocenters. The van der Waals surface area contributed by atoms with Crippen molar-refractivity contribution >= 4 is 29.0 Å². The van der Waals surface area contributed by atoms with Gasteiger partial charge in [0.25, 0.3) is 0 Å². The number of hydrogen-bond acceptors (Lipinski definition) is 3. The molecule has 0 bridgehead atoms. The molecule has 0 aliphatic heterocycles. The van der Waals surface area contributed by atoms with E-state index in [1.807, 2.05) is 25.1 Å². The number of rotatable bonds is 4. The van der Waals surface area contributed by atoms with Gasteiger partial charge in [0.1, 0.15) is 6.33 Å². The lowest BCUT2D eigenvalue weighted by Gasteiger charge is -2.11. The normalized spacial score (nSPS) is 10.5. The van der Waals surface area contributed by atoms with Crippen LogP contribution >= 0.6 is 12.2 Å². The highest BCUT2D eigenvalue weighted by molar-refractivity contribution is 7.80. The van der Waals surface area contributed by atoms with Crippen molar-refractivity contribution in [3.63, 3.8) is 0 Å². The van der Waals surface area contributed by atoms with Crippen molar-refractivity contribution in [2.24, 2.45) is 0 Å². The number of thiocarbonyl (C=S) groups is 1. The molecule has 3 rings (SSSR count). The first-order chi connectivity index (χ1) is 12.0. The van der Waals surface area contributed by atoms with E-state index < -0.39 is 0 Å². The third-order valence-electron chi connectivity index (χ3n) is 3.82. The fourth-order valence-corrected chi connectivity index (χ4v) is 2.84. The lowest BCUT2D eigenvalue weighted by molar-refractivity contribution is 0.687. The Morgan fingerprint density at radius 1 is 1.04 bits per heavy atom. The van der Waals surface area contributed by atoms with Crippen LogP contribution in [0.2, 0.25) is 0 Å². The summed E-state index contributed by atoms with van der Waals surface area (Å²) >= 11 is 5.36. The van der Waals surface area contributed by atoms with Gasteiger partial charge in [0.2, 0.25) is 5.95 Å². The summed E-state index contributed by atoms with van der Waals surface area (Å²) < 4.78 is 1.79. The van der Waals surface area contributed by atoms with Gasteiger partial charge in [-0.05, 0) is 50.2 Å². The maximum atomic E-state index is 5.36. The minimum atomic E-state index is 0.472. The van der Waals surface area contributed by atoms with Crippen LogP contribution in [0.4, 0.5) is 11.6 Å². The SMILES string of the molecule is Cc1cccc(Cn2cnc(NC(=S)Nc3ccc(C)cc3C)n2)c1. The Bertz CT molecular complexity index is 900. The third kappa shape index (κ3) is 4.64. The Kier molecular flexibility index (Phi) is 5.09. The van der Waals surface area contributed by atoms with Crippen LogP contribution in [0.3, 0.4) is 0 Å². The summed E-state index contributed by atoms with van der Waals surface area (Å²) in [5.74, 6) is 0.481. The number of aryl methyl sites for hydroxylation is 3. The van der Waals surface area contributed by atoms with Crippen LogP contribution in [-0.2, 0) is 6.54 Å². The fraction of sp³-hybridized carbons (Fsp3) is 0.211. The second-order valence-electron chi connectivity index (χ2n) is 6.15. The molecule has 2 N–H and O–H groups in total. The third-order valence-corrected chi connectivity index (χ3v) is 4.02. The van der Waals surface area contributed by atoms with Crippen molar-refractivity contribution in [3.8, 4) is 0 Å². The number of nitrogens with zero attached hydrogens (tertiary/aromatic N) is 3. The van der Waals surface area contributed by atoms with Gasteiger partial charge in [-0.25, -0.2) is 9.67 Å². The molecule has 0 aliphatic rings. The molecule has 1 aromatic heterocycles. The second kappa shape index (κ2) is 7.44. The Morgan fingerprint density at radius 3 is 2.60 bits per heavy atom. The smallest absolute Gasteiger partial charge is 0.248 e. The number of anilines is 2. The number of benzene rings is 2. The molecule has 0 aliphatic carbocycles. The minimum Gasteiger partial charge on any atom is -0.332 e. The summed E-state index contributed by atoms with van der Waals surface area (Å²) in [6.45, 7) is 6.87. The maximum Gasteiger partial charge on any atom is 0.248 e. The summed E-state index contributed by atoms with van der Waals surface area (Å²) in [5, 5.41) is 11.1. The standard InChI is InChI=1S/C19H21N5S/c1-13-5-4-6-16(10-13)11-24-12-20-18(23-24)22-19(25)21-17-8-7-14(2)9-15(17)3/h4-10,12H,11H2,1-3H3,(H2,21,22,23,25). The molecule has 0 saturated heterocycles. The van der Waals surface area contributed by atoms with E-state index in [4.69, 9.17) is 12.2 Å². The largest absolute Gasteiger partial charge is 0.332 e. The van der Waals surface area contributed by atoms with Gasteiger partial charge in [-0.2, -0.15) is 0 Å². The Morgan fingerprint density at radius 2 is 1.84 bits per heavy atom. The van der Waals surface area contributed by atoms with E-state index in [9.17, 15) is 0 Å². The van der Waals surface area contributed by atoms with Gasteiger partial charge >= 0.3 is 0 Å². The van der Waals surface area contributed by atoms with Crippen LogP contribution in [-0.4, -0.2) is 19.9 Å². The van der Waals surface area contributed by atoms with E-state index >= 15 is 0 Å². The highest BCUT2D eigenvalue weighted by Gasteiger charge is 2.06. The monoisotopic (exact) mass is 351 g/mol. The van der Waals surface area contributed by atoms with Crippen molar-refractivity contribution in [3.05, 3.63) is 71.0 Å². The van der Waals surface area contributed by atoms with Crippen LogP contribution in [0.5, 0.6) is 0 Å². The van der Waals surface area contributed by atoms with Gasteiger partial charge in [-0.3, -0.25) is 5.32 Å². The minimum absolute atomic E-state index is 0.472. The van der Waals surface area contributed by atoms with Gasteiger partial charge in [0.15, 0.2) is 5.11 Å². The zero-order valence-electron chi connectivity index (χ0n) is 14.6. The molecule has 128 valence electrons. The summed E-state index contributed by atoms with van der Waals surface area (Å²) in [4.78, 5) is 4.27. The predicted molar refractivity (Wildman–Crippen MR) is 106 cm³/mol. The molecule has 0 radical (unpaired) electrons. The Hall–Kier alpha value is -2.73. The van der Waals surface area contributed by atoms with E-state index in [1.165, 1.54) is 16.7 Å². The molecule has 6 heteroatoms. The van der Waals surface area contributed by atoms with Gasteiger partial charge in [-0.1, -0.05) is 47.5 Å². The molecule has 0 fully saturated rings. The van der Waals surface area contributed by atoms with E-state index in [2.05, 4.69) is 58.8 Å². The van der Waals surface area contributed by atoms with Gasteiger partial charge in [0.05, 0.1) is 6.54 Å². The quantitative estimate of drug-likeness (QED) is 0.694. The summed E-state index contributed by atoms with van der Waals surface area (Å²) in [5.41, 5.74) is 5.75. The average molecular weight is 351 g/mol. The van der Waals surface area contributed by atoms with Crippen molar-refractivity contribution < 1.29 is 0 Å². The average Bonchev–Trinajstić information content (AvgIpc) is 2.97. The maximum absolute atomic E-state index is 5.36. The molecule has 1 heterocycles. The van der Waals surface area contributed by atoms with E-state index in [1.54, 1.807) is 11.0 Å². The topological polar surface area (TPSA) is 54.8 Å². The molecule has 0 amide bonds. The van der Waals surface area contributed by atoms with Crippen LogP contribution in [0.1, 0.15) is 22.3 Å². The van der Waals surface area contributed by atoms with Crippen molar-refractivity contribution in [2.45, 2.75) is 27.3 Å². The van der Waals surface area contributed by atoms with Crippen molar-refractivity contribution in [2.75, 3.05) is 10.6 Å². The first-order valence-corrected chi connectivity index (χ1v) is 8.51. The molecule has 0 saturated carbocycles. The zero-order valence-corrected chi connectivity index (χ0v) is 15.4. The molecular weight excluding hydrogens is 330 g/mol. The molecule has 3 aromatic rings. The molecular formula is C19H21N5S. The molecule has 0 spiro atoms. The van der Waals surface area contributed by atoms with Gasteiger partial charge in [-0.15, -0.1) is 5.10 Å². The van der Waals surface area contributed by atoms with Gasteiger partial charge in [0, 0.05) is 5.69 Å². The summed E-state index contributed by atoms with van der Waals surface area (Å²) in [7, 11) is 0. The highest BCUT2D eigenvalue weighted by atomic mass is 32.1. The lowest BCUT2D eigenvalue weighted by atomic mass is 10.1. The lowest BCUT2D eigenvalue weighted by Crippen LogP contribution is -2.20. The first-order valence-electron chi connectivity index (χ1n) is 8.10. The van der Waals surface area contributed by atoms with Crippen molar-refractivity contribution in [1.82, 2.24) is 14.8 Å². The van der Waals surface area contributed by atoms with Crippen LogP contribution in [0.25, 0.3) is 0 Å². The molecule has 0 unspecified atom stereocenters. The zero-order chi connectivity index (χ0) is 17.8. The summed E-state index contributed by atoms with van der Waals surface area (Å²) in [6.07, 6.45) is 1.70. The van der Waals surface area contributed by atoms with Crippen LogP contribution in [0, 0.1) is 20.8 Å². The molecule has 25 heavy (non-hydrogen) atoms. The number of nitrogens with one attached hydrogen (secondary N) is 2. The van der Waals surface area contributed by atoms with E-state index in [-0.39, 0.29) is 0 Å². The molecule has 5 nitrogen and oxygen atoms in total. The first kappa shape index (κ1) is 17.1. The fourth-order valence-electron chi connectivity index (χ4n) is 2.63. The Balaban J connectivity index is 1.61. The number of hydrogen-bond donors (Lipinski definition) is 2. The number of aromatic nitrogens is 3. The Labute approximate surface area is 153 Å². The summed E-state index contributed by atoms with van der Waals surface area (Å²) in [6, 6.07) is 14.5. The van der Waals surface area contributed by atoms with Crippen molar-refractivity contribution in [1.29, 1.82) is 0 Å². The van der Waals surface area contributed by atoms with E-state index in [0.29, 0.717) is 17.6 Å². The molecule has 2 aromatic carbocycles. The highest BCUT2D eigenvalue weighted by Crippen LogP contribution is 2.16. The van der Waals surface area contributed by atoms with Gasteiger partial charge < -0.3 is 5.32 Å². The van der Waals surface area contributed by atoms with Crippen LogP contribution < -0.4 is 10.6 Å². The second-order valence-corrected chi connectivity index (χ2v) is 6.56. The predicted octanol–water partition coefficient (Wildman–Crippen LogP) is 4.06. The van der Waals surface area contributed by atoms with E-state index in [0.717, 1.165) is 11.3 Å². The van der Waals surface area contributed by atoms with Crippen LogP contribution in [0.15, 0.2) is 48.8 Å².